The summed E-state index contributed by atoms with van der Waals surface area (Å²) in [6.45, 7) is 4.12. The van der Waals surface area contributed by atoms with E-state index in [-0.39, 0.29) is 0 Å². The van der Waals surface area contributed by atoms with Gasteiger partial charge in [0.15, 0.2) is 22.5 Å². The molecule has 1 aliphatic rings. The number of ether oxygens (including phenoxy) is 2. The van der Waals surface area contributed by atoms with Gasteiger partial charge in [-0.05, 0) is 25.1 Å². The Hall–Kier alpha value is -3.33. The maximum Gasteiger partial charge on any atom is 0.237 e. The molecule has 3 heterocycles. The van der Waals surface area contributed by atoms with Crippen LogP contribution in [0, 0.1) is 0 Å². The van der Waals surface area contributed by atoms with Crippen LogP contribution in [0.2, 0.25) is 0 Å². The molecule has 9 heteroatoms. The van der Waals surface area contributed by atoms with Gasteiger partial charge in [-0.3, -0.25) is 0 Å². The van der Waals surface area contributed by atoms with Gasteiger partial charge in [0.2, 0.25) is 11.7 Å². The van der Waals surface area contributed by atoms with Gasteiger partial charge >= 0.3 is 0 Å². The minimum atomic E-state index is 0.513. The minimum Gasteiger partial charge on any atom is -0.490 e. The van der Waals surface area contributed by atoms with Gasteiger partial charge in [0.1, 0.15) is 0 Å². The number of rotatable bonds is 6. The number of hydrogen-bond donors (Lipinski definition) is 0. The lowest BCUT2D eigenvalue weighted by atomic mass is 10.2. The molecule has 4 aromatic rings. The molecule has 0 radical (unpaired) electrons. The van der Waals surface area contributed by atoms with E-state index in [2.05, 4.69) is 31.8 Å². The number of benzene rings is 2. The smallest absolute Gasteiger partial charge is 0.237 e. The fourth-order valence-electron chi connectivity index (χ4n) is 3.34. The Morgan fingerprint density at radius 2 is 1.81 bits per heavy atom. The molecule has 2 aromatic carbocycles. The predicted octanol–water partition coefficient (Wildman–Crippen LogP) is 4.47. The Morgan fingerprint density at radius 1 is 0.968 bits per heavy atom. The minimum absolute atomic E-state index is 0.513. The Balaban J connectivity index is 1.34. The Labute approximate surface area is 183 Å². The van der Waals surface area contributed by atoms with E-state index in [4.69, 9.17) is 14.0 Å². The predicted molar refractivity (Wildman–Crippen MR) is 116 cm³/mol. The van der Waals surface area contributed by atoms with Crippen LogP contribution in [-0.2, 0) is 12.3 Å². The summed E-state index contributed by atoms with van der Waals surface area (Å²) in [4.78, 5) is 4.49. The van der Waals surface area contributed by atoms with E-state index < -0.39 is 0 Å². The van der Waals surface area contributed by atoms with E-state index in [0.29, 0.717) is 30.7 Å². The molecule has 31 heavy (non-hydrogen) atoms. The summed E-state index contributed by atoms with van der Waals surface area (Å²) >= 11 is 1.52. The van der Waals surface area contributed by atoms with Crippen LogP contribution in [0.25, 0.3) is 22.8 Å². The molecule has 0 saturated heterocycles. The van der Waals surface area contributed by atoms with E-state index >= 15 is 0 Å². The van der Waals surface area contributed by atoms with Gasteiger partial charge in [-0.1, -0.05) is 47.3 Å². The quantitative estimate of drug-likeness (QED) is 0.410. The topological polar surface area (TPSA) is 88.1 Å². The first kappa shape index (κ1) is 19.6. The van der Waals surface area contributed by atoms with Crippen LogP contribution in [0.1, 0.15) is 19.2 Å². The first-order valence-corrected chi connectivity index (χ1v) is 11.1. The second-order valence-electron chi connectivity index (χ2n) is 6.93. The van der Waals surface area contributed by atoms with Crippen molar-refractivity contribution in [1.82, 2.24) is 24.9 Å². The summed E-state index contributed by atoms with van der Waals surface area (Å²) in [5.41, 5.74) is 1.87. The molecular formula is C22H21N5O3S. The van der Waals surface area contributed by atoms with Crippen molar-refractivity contribution in [3.63, 3.8) is 0 Å². The van der Waals surface area contributed by atoms with Crippen molar-refractivity contribution in [3.8, 4) is 34.3 Å². The molecule has 0 amide bonds. The summed E-state index contributed by atoms with van der Waals surface area (Å²) in [6.07, 6.45) is 0.873. The van der Waals surface area contributed by atoms with Gasteiger partial charge in [-0.15, -0.1) is 10.2 Å². The molecule has 158 valence electrons. The SMILES string of the molecule is CCn1c(SCc2nc(-c3ccccc3)no2)nnc1-c1ccc2c(c1)OCCCO2. The summed E-state index contributed by atoms with van der Waals surface area (Å²) < 4.78 is 19.0. The average molecular weight is 436 g/mol. The normalized spacial score (nSPS) is 13.2. The highest BCUT2D eigenvalue weighted by Gasteiger charge is 2.18. The molecule has 0 spiro atoms. The van der Waals surface area contributed by atoms with E-state index in [1.807, 2.05) is 48.5 Å². The van der Waals surface area contributed by atoms with Crippen molar-refractivity contribution in [2.24, 2.45) is 0 Å². The molecule has 5 rings (SSSR count). The maximum absolute atomic E-state index is 5.82. The van der Waals surface area contributed by atoms with Gasteiger partial charge < -0.3 is 18.6 Å². The molecule has 0 aliphatic carbocycles. The molecule has 0 atom stereocenters. The Kier molecular flexibility index (Phi) is 5.57. The third kappa shape index (κ3) is 4.13. The van der Waals surface area contributed by atoms with Crippen molar-refractivity contribution in [2.75, 3.05) is 13.2 Å². The molecule has 0 fully saturated rings. The van der Waals surface area contributed by atoms with E-state index in [1.165, 1.54) is 11.8 Å². The second-order valence-corrected chi connectivity index (χ2v) is 7.87. The molecule has 1 aliphatic heterocycles. The number of nitrogens with zero attached hydrogens (tertiary/aromatic N) is 5. The molecule has 8 nitrogen and oxygen atoms in total. The highest BCUT2D eigenvalue weighted by Crippen LogP contribution is 2.35. The van der Waals surface area contributed by atoms with Gasteiger partial charge in [-0.2, -0.15) is 4.98 Å². The van der Waals surface area contributed by atoms with Gasteiger partial charge in [-0.25, -0.2) is 0 Å². The third-order valence-electron chi connectivity index (χ3n) is 4.86. The first-order valence-electron chi connectivity index (χ1n) is 10.2. The second kappa shape index (κ2) is 8.81. The van der Waals surface area contributed by atoms with Crippen LogP contribution in [0.5, 0.6) is 11.5 Å². The largest absolute Gasteiger partial charge is 0.490 e. The highest BCUT2D eigenvalue weighted by atomic mass is 32.2. The van der Waals surface area contributed by atoms with Crippen LogP contribution in [-0.4, -0.2) is 38.1 Å². The molecule has 0 saturated carbocycles. The number of aromatic nitrogens is 5. The highest BCUT2D eigenvalue weighted by molar-refractivity contribution is 7.98. The number of thioether (sulfide) groups is 1. The molecule has 0 bridgehead atoms. The van der Waals surface area contributed by atoms with Crippen molar-refractivity contribution in [3.05, 3.63) is 54.4 Å². The summed E-state index contributed by atoms with van der Waals surface area (Å²) in [6, 6.07) is 15.7. The lowest BCUT2D eigenvalue weighted by molar-refractivity contribution is 0.297. The summed E-state index contributed by atoms with van der Waals surface area (Å²) in [5.74, 6) is 3.95. The lowest BCUT2D eigenvalue weighted by Gasteiger charge is -2.10. The van der Waals surface area contributed by atoms with Crippen molar-refractivity contribution < 1.29 is 14.0 Å². The molecule has 0 N–H and O–H groups in total. The van der Waals surface area contributed by atoms with Crippen LogP contribution >= 0.6 is 11.8 Å². The Morgan fingerprint density at radius 3 is 2.65 bits per heavy atom. The van der Waals surface area contributed by atoms with Crippen LogP contribution in [0.3, 0.4) is 0 Å². The van der Waals surface area contributed by atoms with Gasteiger partial charge in [0.25, 0.3) is 0 Å². The Bertz CT molecular complexity index is 1180. The van der Waals surface area contributed by atoms with Crippen LogP contribution < -0.4 is 9.47 Å². The van der Waals surface area contributed by atoms with Crippen molar-refractivity contribution in [2.45, 2.75) is 30.8 Å². The zero-order valence-corrected chi connectivity index (χ0v) is 17.8. The monoisotopic (exact) mass is 435 g/mol. The van der Waals surface area contributed by atoms with E-state index in [0.717, 1.165) is 46.6 Å². The van der Waals surface area contributed by atoms with Gasteiger partial charge in [0, 0.05) is 24.1 Å². The average Bonchev–Trinajstić information content (AvgIpc) is 3.38. The first-order chi connectivity index (χ1) is 15.3. The zero-order chi connectivity index (χ0) is 21.0. The molecule has 2 aromatic heterocycles. The standard InChI is InChI=1S/C22H21N5O3S/c1-2-27-21(16-9-10-17-18(13-16)29-12-6-11-28-17)24-25-22(27)31-14-19-23-20(26-30-19)15-7-4-3-5-8-15/h3-5,7-10,13H,2,6,11-12,14H2,1H3. The van der Waals surface area contributed by atoms with Crippen molar-refractivity contribution in [1.29, 1.82) is 0 Å². The lowest BCUT2D eigenvalue weighted by Crippen LogP contribution is -2.00. The van der Waals surface area contributed by atoms with Gasteiger partial charge in [0.05, 0.1) is 19.0 Å². The fourth-order valence-corrected chi connectivity index (χ4v) is 4.18. The van der Waals surface area contributed by atoms with Crippen molar-refractivity contribution >= 4 is 11.8 Å². The molecule has 0 unspecified atom stereocenters. The zero-order valence-electron chi connectivity index (χ0n) is 17.0. The van der Waals surface area contributed by atoms with E-state index in [1.54, 1.807) is 0 Å². The third-order valence-corrected chi connectivity index (χ3v) is 5.82. The maximum atomic E-state index is 5.82. The summed E-state index contributed by atoms with van der Waals surface area (Å²) in [7, 11) is 0. The van der Waals surface area contributed by atoms with Crippen LogP contribution in [0.15, 0.2) is 58.2 Å². The number of hydrogen-bond acceptors (Lipinski definition) is 8. The number of fused-ring (bicyclic) bond motifs is 1. The molecular weight excluding hydrogens is 414 g/mol. The fraction of sp³-hybridized carbons (Fsp3) is 0.273. The van der Waals surface area contributed by atoms with E-state index in [9.17, 15) is 0 Å². The summed E-state index contributed by atoms with van der Waals surface area (Å²) in [5, 5.41) is 13.7. The van der Waals surface area contributed by atoms with Crippen LogP contribution in [0.4, 0.5) is 0 Å².